The molecule has 1 fully saturated rings. The average Bonchev–Trinajstić information content (AvgIpc) is 2.76. The summed E-state index contributed by atoms with van der Waals surface area (Å²) in [7, 11) is 0. The van der Waals surface area contributed by atoms with Crippen LogP contribution in [0.15, 0.2) is 60.2 Å². The highest BCUT2D eigenvalue weighted by molar-refractivity contribution is 6.39. The molecule has 0 aliphatic carbocycles. The van der Waals surface area contributed by atoms with Crippen LogP contribution < -0.4 is 15.0 Å². The van der Waals surface area contributed by atoms with Gasteiger partial charge in [-0.3, -0.25) is 14.9 Å². The summed E-state index contributed by atoms with van der Waals surface area (Å²) in [5.74, 6) is -1.04. The largest absolute Gasteiger partial charge is 0.488 e. The number of anilines is 1. The van der Waals surface area contributed by atoms with Crippen LogP contribution in [-0.4, -0.2) is 17.8 Å². The first kappa shape index (κ1) is 24.2. The lowest BCUT2D eigenvalue weighted by atomic mass is 10.0. The number of nitrogens with zero attached hydrogens (tertiary/aromatic N) is 1. The number of hydrogen-bond acceptors (Lipinski definition) is 4. The Hall–Kier alpha value is -3.90. The molecule has 178 valence electrons. The smallest absolute Gasteiger partial charge is 0.335 e. The normalized spacial score (nSPS) is 14.9. The van der Waals surface area contributed by atoms with Gasteiger partial charge in [-0.1, -0.05) is 58.6 Å². The van der Waals surface area contributed by atoms with Gasteiger partial charge in [-0.15, -0.1) is 0 Å². The first-order valence-electron chi connectivity index (χ1n) is 11.1. The molecule has 0 atom stereocenters. The van der Waals surface area contributed by atoms with Crippen molar-refractivity contribution in [3.63, 3.8) is 0 Å². The molecule has 0 unspecified atom stereocenters. The molecule has 7 heteroatoms. The molecule has 6 nitrogen and oxygen atoms in total. The fraction of sp³-hybridized carbons (Fsp3) is 0.179. The van der Waals surface area contributed by atoms with E-state index in [-0.39, 0.29) is 5.57 Å². The van der Waals surface area contributed by atoms with Gasteiger partial charge in [0, 0.05) is 10.6 Å². The second-order valence-electron chi connectivity index (χ2n) is 8.71. The van der Waals surface area contributed by atoms with E-state index in [9.17, 15) is 14.4 Å². The van der Waals surface area contributed by atoms with Gasteiger partial charge in [-0.2, -0.15) is 0 Å². The van der Waals surface area contributed by atoms with Crippen LogP contribution in [0.3, 0.4) is 0 Å². The lowest BCUT2D eigenvalue weighted by Crippen LogP contribution is -2.54. The average molecular weight is 489 g/mol. The summed E-state index contributed by atoms with van der Waals surface area (Å²) in [5.41, 5.74) is 5.65. The molecule has 1 aliphatic rings. The maximum absolute atomic E-state index is 13.3. The number of nitrogens with one attached hydrogen (secondary N) is 1. The molecule has 1 N–H and O–H groups in total. The molecule has 0 bridgehead atoms. The van der Waals surface area contributed by atoms with Crippen molar-refractivity contribution in [2.45, 2.75) is 34.3 Å². The first-order valence-corrected chi connectivity index (χ1v) is 11.5. The van der Waals surface area contributed by atoms with Crippen LogP contribution in [-0.2, 0) is 16.2 Å². The maximum atomic E-state index is 13.3. The van der Waals surface area contributed by atoms with Gasteiger partial charge in [0.05, 0.1) is 5.69 Å². The highest BCUT2D eigenvalue weighted by Gasteiger charge is 2.37. The zero-order chi connectivity index (χ0) is 25.3. The summed E-state index contributed by atoms with van der Waals surface area (Å²) < 4.78 is 6.04. The number of carbonyl (C=O) groups is 3. The molecule has 0 saturated carbocycles. The van der Waals surface area contributed by atoms with E-state index in [0.29, 0.717) is 28.6 Å². The van der Waals surface area contributed by atoms with E-state index in [1.54, 1.807) is 37.3 Å². The van der Waals surface area contributed by atoms with Crippen LogP contribution in [0, 0.1) is 27.7 Å². The SMILES string of the molecule is Cc1cc(C)cc(COc2ccc(Cl)cc2/C=C2\C(=O)NC(=O)N(c3ccc(C)cc3C)C2=O)c1. The Morgan fingerprint density at radius 2 is 1.60 bits per heavy atom. The van der Waals surface area contributed by atoms with Crippen molar-refractivity contribution in [3.05, 3.63) is 98.6 Å². The van der Waals surface area contributed by atoms with E-state index in [2.05, 4.69) is 11.4 Å². The molecule has 1 aliphatic heterocycles. The number of benzene rings is 3. The van der Waals surface area contributed by atoms with Crippen molar-refractivity contribution in [1.29, 1.82) is 0 Å². The quantitative estimate of drug-likeness (QED) is 0.362. The van der Waals surface area contributed by atoms with Crippen LogP contribution in [0.5, 0.6) is 5.75 Å². The zero-order valence-corrected chi connectivity index (χ0v) is 20.7. The number of urea groups is 1. The number of ether oxygens (including phenoxy) is 1. The van der Waals surface area contributed by atoms with Crippen LogP contribution in [0.1, 0.15) is 33.4 Å². The molecule has 1 saturated heterocycles. The predicted molar refractivity (Wildman–Crippen MR) is 137 cm³/mol. The zero-order valence-electron chi connectivity index (χ0n) is 19.9. The van der Waals surface area contributed by atoms with Crippen molar-refractivity contribution in [3.8, 4) is 5.75 Å². The lowest BCUT2D eigenvalue weighted by molar-refractivity contribution is -0.122. The molecule has 0 aromatic heterocycles. The summed E-state index contributed by atoms with van der Waals surface area (Å²) >= 11 is 6.21. The van der Waals surface area contributed by atoms with E-state index in [1.165, 1.54) is 6.08 Å². The van der Waals surface area contributed by atoms with Gasteiger partial charge in [0.1, 0.15) is 17.9 Å². The Labute approximate surface area is 209 Å². The second-order valence-corrected chi connectivity index (χ2v) is 9.15. The Balaban J connectivity index is 1.69. The Morgan fingerprint density at radius 3 is 2.29 bits per heavy atom. The Kier molecular flexibility index (Phi) is 6.76. The molecule has 35 heavy (non-hydrogen) atoms. The van der Waals surface area contributed by atoms with Gasteiger partial charge in [0.2, 0.25) is 0 Å². The van der Waals surface area contributed by atoms with Crippen LogP contribution >= 0.6 is 11.6 Å². The monoisotopic (exact) mass is 488 g/mol. The predicted octanol–water partition coefficient (Wildman–Crippen LogP) is 5.82. The summed E-state index contributed by atoms with van der Waals surface area (Å²) in [5, 5.41) is 2.68. The minimum Gasteiger partial charge on any atom is -0.488 e. The third-order valence-electron chi connectivity index (χ3n) is 5.64. The van der Waals surface area contributed by atoms with Gasteiger partial charge in [-0.05, 0) is 69.2 Å². The van der Waals surface area contributed by atoms with Gasteiger partial charge >= 0.3 is 6.03 Å². The molecule has 4 rings (SSSR count). The van der Waals surface area contributed by atoms with Crippen molar-refractivity contribution in [2.75, 3.05) is 4.90 Å². The van der Waals surface area contributed by atoms with Gasteiger partial charge in [0.15, 0.2) is 0 Å². The van der Waals surface area contributed by atoms with E-state index < -0.39 is 17.8 Å². The number of rotatable bonds is 5. The number of imide groups is 2. The summed E-state index contributed by atoms with van der Waals surface area (Å²) in [6.07, 6.45) is 1.41. The van der Waals surface area contributed by atoms with Gasteiger partial charge in [0.25, 0.3) is 11.8 Å². The van der Waals surface area contributed by atoms with Gasteiger partial charge in [-0.25, -0.2) is 9.69 Å². The third-order valence-corrected chi connectivity index (χ3v) is 5.88. The fourth-order valence-electron chi connectivity index (χ4n) is 4.16. The highest BCUT2D eigenvalue weighted by atomic mass is 35.5. The van der Waals surface area contributed by atoms with Crippen molar-refractivity contribution in [1.82, 2.24) is 5.32 Å². The summed E-state index contributed by atoms with van der Waals surface area (Å²) in [6, 6.07) is 15.7. The topological polar surface area (TPSA) is 75.7 Å². The van der Waals surface area contributed by atoms with E-state index >= 15 is 0 Å². The van der Waals surface area contributed by atoms with E-state index in [4.69, 9.17) is 16.3 Å². The van der Waals surface area contributed by atoms with Crippen LogP contribution in [0.25, 0.3) is 6.08 Å². The molecule has 1 heterocycles. The van der Waals surface area contributed by atoms with E-state index in [0.717, 1.165) is 32.7 Å². The molecule has 0 spiro atoms. The maximum Gasteiger partial charge on any atom is 0.335 e. The molecule has 4 amide bonds. The summed E-state index contributed by atoms with van der Waals surface area (Å²) in [6.45, 7) is 8.06. The molecule has 0 radical (unpaired) electrons. The van der Waals surface area contributed by atoms with E-state index in [1.807, 2.05) is 39.0 Å². The number of halogens is 1. The standard InChI is InChI=1S/C28H25ClN2O4/c1-16-5-7-24(19(4)10-16)31-27(33)23(26(32)30-28(31)34)14-21-13-22(29)6-8-25(21)35-15-20-11-17(2)9-18(3)12-20/h5-14H,15H2,1-4H3,(H,30,32,34)/b23-14+. The molecular formula is C28H25ClN2O4. The van der Waals surface area contributed by atoms with Gasteiger partial charge < -0.3 is 4.74 Å². The molecular weight excluding hydrogens is 464 g/mol. The minimum absolute atomic E-state index is 0.192. The second kappa shape index (κ2) is 9.76. The first-order chi connectivity index (χ1) is 16.6. The number of barbiturate groups is 1. The number of hydrogen-bond donors (Lipinski definition) is 1. The lowest BCUT2D eigenvalue weighted by Gasteiger charge is -2.27. The number of carbonyl (C=O) groups excluding carboxylic acids is 3. The van der Waals surface area contributed by atoms with Crippen molar-refractivity contribution >= 4 is 41.2 Å². The van der Waals surface area contributed by atoms with Crippen LogP contribution in [0.4, 0.5) is 10.5 Å². The Bertz CT molecular complexity index is 1370. The number of aryl methyl sites for hydroxylation is 4. The summed E-state index contributed by atoms with van der Waals surface area (Å²) in [4.78, 5) is 39.6. The molecule has 3 aromatic rings. The molecule has 3 aromatic carbocycles. The minimum atomic E-state index is -0.790. The number of amides is 4. The Morgan fingerprint density at radius 1 is 0.886 bits per heavy atom. The van der Waals surface area contributed by atoms with Crippen molar-refractivity contribution < 1.29 is 19.1 Å². The van der Waals surface area contributed by atoms with Crippen LogP contribution in [0.2, 0.25) is 5.02 Å². The third kappa shape index (κ3) is 5.28. The highest BCUT2D eigenvalue weighted by Crippen LogP contribution is 2.30. The van der Waals surface area contributed by atoms with Crippen molar-refractivity contribution in [2.24, 2.45) is 0 Å². The fourth-order valence-corrected chi connectivity index (χ4v) is 4.35.